The van der Waals surface area contributed by atoms with E-state index in [1.54, 1.807) is 0 Å². The fourth-order valence-corrected chi connectivity index (χ4v) is 4.15. The molecule has 102 valence electrons. The van der Waals surface area contributed by atoms with Gasteiger partial charge in [0.15, 0.2) is 5.78 Å². The Labute approximate surface area is 121 Å². The first-order valence-corrected chi connectivity index (χ1v) is 6.76. The van der Waals surface area contributed by atoms with Crippen LogP contribution < -0.4 is 11.5 Å². The van der Waals surface area contributed by atoms with E-state index in [1.165, 1.54) is 0 Å². The molecule has 2 aliphatic rings. The van der Waals surface area contributed by atoms with Gasteiger partial charge < -0.3 is 11.5 Å². The summed E-state index contributed by atoms with van der Waals surface area (Å²) in [5, 5.41) is 8.38. The van der Waals surface area contributed by atoms with Gasteiger partial charge in [-0.15, -0.1) is 22.6 Å². The van der Waals surface area contributed by atoms with Crippen LogP contribution in [0.25, 0.3) is 0 Å². The molecule has 0 aromatic carbocycles. The topological polar surface area (TPSA) is 93.8 Å². The molecule has 2 bridgehead atoms. The van der Waals surface area contributed by atoms with Gasteiger partial charge in [-0.3, -0.25) is 4.79 Å². The van der Waals surface area contributed by atoms with Gasteiger partial charge in [0.05, 0.1) is 0 Å². The molecule has 0 aromatic heterocycles. The van der Waals surface area contributed by atoms with Gasteiger partial charge in [0.2, 0.25) is 5.96 Å². The Bertz CT molecular complexity index is 435. The zero-order valence-corrected chi connectivity index (χ0v) is 12.8. The number of ketones is 1. The first-order chi connectivity index (χ1) is 7.87. The lowest BCUT2D eigenvalue weighted by atomic mass is 9.70. The average Bonchev–Trinajstić information content (AvgIpc) is 2.62. The van der Waals surface area contributed by atoms with Crippen molar-refractivity contribution in [1.29, 1.82) is 0 Å². The van der Waals surface area contributed by atoms with Gasteiger partial charge in [0, 0.05) is 16.7 Å². The number of Topliss-reactive ketones (excluding diaryl/α,β-unsaturated/α-hetero) is 1. The first kappa shape index (κ1) is 15.4. The monoisotopic (exact) mass is 336 g/mol. The van der Waals surface area contributed by atoms with Crippen molar-refractivity contribution in [3.05, 3.63) is 0 Å². The molecule has 5 nitrogen and oxygen atoms in total. The largest absolute Gasteiger partial charge is 0.369 e. The minimum atomic E-state index is -0.334. The van der Waals surface area contributed by atoms with E-state index >= 15 is 0 Å². The Morgan fingerprint density at radius 3 is 2.56 bits per heavy atom. The summed E-state index contributed by atoms with van der Waals surface area (Å²) in [7, 11) is 0. The molecule has 3 atom stereocenters. The van der Waals surface area contributed by atoms with Crippen molar-refractivity contribution in [2.24, 2.45) is 38.4 Å². The Kier molecular flexibility index (Phi) is 4.13. The number of carbonyl (C=O) groups is 1. The third-order valence-electron chi connectivity index (χ3n) is 4.58. The number of hydrogen-bond acceptors (Lipinski definition) is 3. The molecule has 0 radical (unpaired) electrons. The van der Waals surface area contributed by atoms with Crippen molar-refractivity contribution in [3.8, 4) is 0 Å². The first-order valence-electron chi connectivity index (χ1n) is 5.64. The van der Waals surface area contributed by atoms with E-state index in [2.05, 4.69) is 33.1 Å². The van der Waals surface area contributed by atoms with Crippen LogP contribution in [0.1, 0.15) is 26.7 Å². The smallest absolute Gasteiger partial charge is 0.211 e. The van der Waals surface area contributed by atoms with E-state index in [4.69, 9.17) is 11.5 Å². The predicted octanol–water partition coefficient (Wildman–Crippen LogP) is 1.44. The van der Waals surface area contributed by atoms with Gasteiger partial charge in [-0.2, -0.15) is 0 Å². The van der Waals surface area contributed by atoms with E-state index in [0.29, 0.717) is 5.71 Å². The highest BCUT2D eigenvalue weighted by Gasteiger charge is 2.66. The molecule has 2 saturated carbocycles. The van der Waals surface area contributed by atoms with Crippen molar-refractivity contribution >= 4 is 45.8 Å². The lowest BCUT2D eigenvalue weighted by molar-refractivity contribution is -0.123. The summed E-state index contributed by atoms with van der Waals surface area (Å²) >= 11 is 3.53. The molecule has 0 aromatic rings. The highest BCUT2D eigenvalue weighted by atomic mass is 79.9. The minimum Gasteiger partial charge on any atom is -0.369 e. The number of rotatable bonds is 2. The van der Waals surface area contributed by atoms with Gasteiger partial charge in [0.25, 0.3) is 0 Å². The van der Waals surface area contributed by atoms with Crippen molar-refractivity contribution in [2.45, 2.75) is 26.7 Å². The number of hydrogen-bond donors (Lipinski definition) is 2. The molecule has 2 fully saturated rings. The number of guanidine groups is 1. The van der Waals surface area contributed by atoms with Gasteiger partial charge in [-0.1, -0.05) is 29.8 Å². The summed E-state index contributed by atoms with van der Waals surface area (Å²) in [6.45, 7) is 4.16. The highest BCUT2D eigenvalue weighted by Crippen LogP contribution is 2.63. The van der Waals surface area contributed by atoms with E-state index in [-0.39, 0.29) is 40.9 Å². The van der Waals surface area contributed by atoms with E-state index in [1.807, 2.05) is 6.92 Å². The summed E-state index contributed by atoms with van der Waals surface area (Å²) in [5.41, 5.74) is 10.6. The highest BCUT2D eigenvalue weighted by molar-refractivity contribution is 9.09. The zero-order valence-electron chi connectivity index (χ0n) is 10.4. The number of nitrogens with zero attached hydrogens (tertiary/aromatic N) is 2. The van der Waals surface area contributed by atoms with Gasteiger partial charge in [0.1, 0.15) is 5.71 Å². The molecule has 0 saturated heterocycles. The Balaban J connectivity index is 0.00000162. The second-order valence-corrected chi connectivity index (χ2v) is 5.87. The minimum absolute atomic E-state index is 0. The lowest BCUT2D eigenvalue weighted by Crippen LogP contribution is -2.36. The van der Waals surface area contributed by atoms with Gasteiger partial charge in [-0.05, 0) is 18.3 Å². The van der Waals surface area contributed by atoms with Crippen molar-refractivity contribution in [1.82, 2.24) is 0 Å². The molecule has 0 aliphatic heterocycles. The van der Waals surface area contributed by atoms with E-state index < -0.39 is 0 Å². The van der Waals surface area contributed by atoms with Crippen LogP contribution >= 0.6 is 28.3 Å². The van der Waals surface area contributed by atoms with Crippen LogP contribution in [0.4, 0.5) is 0 Å². The molecular formula is C11H18BrClN4O. The third-order valence-corrected chi connectivity index (χ3v) is 5.74. The summed E-state index contributed by atoms with van der Waals surface area (Å²) < 4.78 is 0. The van der Waals surface area contributed by atoms with Crippen molar-refractivity contribution < 1.29 is 4.79 Å². The molecule has 3 unspecified atom stereocenters. The quantitative estimate of drug-likeness (QED) is 0.345. The fraction of sp³-hybridized carbons (Fsp3) is 0.727. The molecule has 4 N–H and O–H groups in total. The molecule has 7 heteroatoms. The number of alkyl halides is 1. The van der Waals surface area contributed by atoms with Crippen molar-refractivity contribution in [3.63, 3.8) is 0 Å². The van der Waals surface area contributed by atoms with Crippen LogP contribution in [-0.2, 0) is 4.79 Å². The SMILES string of the molecule is CC12CCC(/C(=N\N=C(N)N)C1=O)C2(C)CBr.Cl. The standard InChI is InChI=1S/C11H17BrN4O.ClH/c1-10-4-3-6(11(10,2)5-12)7(8(10)17)15-16-9(13)14;/h6H,3-5H2,1-2H3,(H4,13,14,16);1H/b15-7+;. The summed E-state index contributed by atoms with van der Waals surface area (Å²) in [6, 6.07) is 0. The fourth-order valence-electron chi connectivity index (χ4n) is 3.14. The molecule has 18 heavy (non-hydrogen) atoms. The van der Waals surface area contributed by atoms with Gasteiger partial charge >= 0.3 is 0 Å². The molecule has 0 spiro atoms. The predicted molar refractivity (Wildman–Crippen MR) is 78.2 cm³/mol. The van der Waals surface area contributed by atoms with Crippen molar-refractivity contribution in [2.75, 3.05) is 5.33 Å². The van der Waals surface area contributed by atoms with Crippen LogP contribution in [-0.4, -0.2) is 22.8 Å². The average molecular weight is 338 g/mol. The Morgan fingerprint density at radius 2 is 2.11 bits per heavy atom. The molecular weight excluding hydrogens is 320 g/mol. The molecule has 2 rings (SSSR count). The Hall–Kier alpha value is -0.620. The number of fused-ring (bicyclic) bond motifs is 2. The van der Waals surface area contributed by atoms with Crippen LogP contribution in [0.3, 0.4) is 0 Å². The van der Waals surface area contributed by atoms with Crippen LogP contribution in [0, 0.1) is 16.7 Å². The maximum absolute atomic E-state index is 12.4. The summed E-state index contributed by atoms with van der Waals surface area (Å²) in [6.07, 6.45) is 1.89. The van der Waals surface area contributed by atoms with E-state index in [9.17, 15) is 4.79 Å². The van der Waals surface area contributed by atoms with Crippen LogP contribution in [0.15, 0.2) is 10.2 Å². The third kappa shape index (κ3) is 1.77. The summed E-state index contributed by atoms with van der Waals surface area (Å²) in [4.78, 5) is 12.4. The number of nitrogens with two attached hydrogens (primary N) is 2. The maximum atomic E-state index is 12.4. The maximum Gasteiger partial charge on any atom is 0.211 e. The van der Waals surface area contributed by atoms with E-state index in [0.717, 1.165) is 18.2 Å². The second kappa shape index (κ2) is 4.81. The molecule has 0 heterocycles. The Morgan fingerprint density at radius 1 is 1.50 bits per heavy atom. The molecule has 0 amide bonds. The molecule has 2 aliphatic carbocycles. The number of carbonyl (C=O) groups excluding carboxylic acids is 1. The zero-order chi connectivity index (χ0) is 12.8. The second-order valence-electron chi connectivity index (χ2n) is 5.31. The lowest BCUT2D eigenvalue weighted by Gasteiger charge is -2.33. The summed E-state index contributed by atoms with van der Waals surface area (Å²) in [5.74, 6) is 0.141. The van der Waals surface area contributed by atoms with Gasteiger partial charge in [-0.25, -0.2) is 0 Å². The van der Waals surface area contributed by atoms with Crippen LogP contribution in [0.2, 0.25) is 0 Å². The van der Waals surface area contributed by atoms with Crippen LogP contribution in [0.5, 0.6) is 0 Å². The normalized spacial score (nSPS) is 39.8. The number of halogens is 2.